The van der Waals surface area contributed by atoms with E-state index in [1.807, 2.05) is 0 Å². The van der Waals surface area contributed by atoms with Crippen molar-refractivity contribution in [2.24, 2.45) is 0 Å². The summed E-state index contributed by atoms with van der Waals surface area (Å²) in [5, 5.41) is 3.13. The summed E-state index contributed by atoms with van der Waals surface area (Å²) >= 11 is 0. The van der Waals surface area contributed by atoms with E-state index >= 15 is 0 Å². The van der Waals surface area contributed by atoms with Crippen molar-refractivity contribution in [1.82, 2.24) is 14.4 Å². The normalized spacial score (nSPS) is 18.8. The fraction of sp³-hybridized carbons (Fsp3) is 0.467. The number of ether oxygens (including phenoxy) is 1. The van der Waals surface area contributed by atoms with Crippen LogP contribution in [-0.4, -0.2) is 47.8 Å². The van der Waals surface area contributed by atoms with Crippen LogP contribution in [0, 0.1) is 5.82 Å². The standard InChI is InChI=1S/C15H15F4N3O4S/c1-2-27(23,24)22-6-5-10(8-22)25-9-3-4-11(12(16)7-9)13-20-14(26-21-13)15(17,18)19/h3-4,7,10H,2,5-6,8H2,1H3/t10-/m1/s1. The van der Waals surface area contributed by atoms with E-state index in [2.05, 4.69) is 14.7 Å². The van der Waals surface area contributed by atoms with Gasteiger partial charge >= 0.3 is 12.1 Å². The topological polar surface area (TPSA) is 85.5 Å². The molecule has 0 N–H and O–H groups in total. The summed E-state index contributed by atoms with van der Waals surface area (Å²) < 4.78 is 86.4. The minimum Gasteiger partial charge on any atom is -0.489 e. The molecule has 0 aliphatic carbocycles. The number of nitrogens with zero attached hydrogens (tertiary/aromatic N) is 3. The van der Waals surface area contributed by atoms with Crippen LogP contribution in [0.25, 0.3) is 11.4 Å². The highest BCUT2D eigenvalue weighted by Crippen LogP contribution is 2.31. The molecular formula is C15H15F4N3O4S. The van der Waals surface area contributed by atoms with E-state index in [4.69, 9.17) is 4.74 Å². The zero-order valence-electron chi connectivity index (χ0n) is 14.0. The highest BCUT2D eigenvalue weighted by atomic mass is 32.2. The zero-order chi connectivity index (χ0) is 19.8. The summed E-state index contributed by atoms with van der Waals surface area (Å²) in [7, 11) is -3.32. The number of alkyl halides is 3. The molecule has 0 amide bonds. The molecule has 2 heterocycles. The lowest BCUT2D eigenvalue weighted by Crippen LogP contribution is -2.32. The van der Waals surface area contributed by atoms with Crippen LogP contribution in [0.1, 0.15) is 19.2 Å². The molecule has 1 aliphatic rings. The molecule has 27 heavy (non-hydrogen) atoms. The summed E-state index contributed by atoms with van der Waals surface area (Å²) in [5.74, 6) is -2.89. The first-order valence-corrected chi connectivity index (χ1v) is 9.56. The van der Waals surface area contributed by atoms with Crippen LogP contribution < -0.4 is 4.74 Å². The van der Waals surface area contributed by atoms with Gasteiger partial charge in [-0.2, -0.15) is 22.5 Å². The minimum atomic E-state index is -4.82. The van der Waals surface area contributed by atoms with E-state index in [9.17, 15) is 26.0 Å². The lowest BCUT2D eigenvalue weighted by Gasteiger charge is -2.16. The Hall–Kier alpha value is -2.21. The van der Waals surface area contributed by atoms with E-state index in [-0.39, 0.29) is 23.6 Å². The Morgan fingerprint density at radius 1 is 1.37 bits per heavy atom. The third-order valence-corrected chi connectivity index (χ3v) is 5.87. The lowest BCUT2D eigenvalue weighted by molar-refractivity contribution is -0.159. The Morgan fingerprint density at radius 2 is 2.11 bits per heavy atom. The summed E-state index contributed by atoms with van der Waals surface area (Å²) in [4.78, 5) is 3.13. The quantitative estimate of drug-likeness (QED) is 0.706. The maximum atomic E-state index is 14.2. The van der Waals surface area contributed by atoms with Crippen LogP contribution in [-0.2, 0) is 16.2 Å². The van der Waals surface area contributed by atoms with Gasteiger partial charge in [-0.25, -0.2) is 12.8 Å². The Bertz CT molecular complexity index is 929. The summed E-state index contributed by atoms with van der Waals surface area (Å²) in [6.45, 7) is 2.00. The number of aromatic nitrogens is 2. The highest BCUT2D eigenvalue weighted by Gasteiger charge is 2.38. The fourth-order valence-corrected chi connectivity index (χ4v) is 3.76. The highest BCUT2D eigenvalue weighted by molar-refractivity contribution is 7.89. The van der Waals surface area contributed by atoms with Gasteiger partial charge in [0.2, 0.25) is 15.8 Å². The molecule has 1 aromatic heterocycles. The van der Waals surface area contributed by atoms with Crippen molar-refractivity contribution < 1.29 is 35.2 Å². The van der Waals surface area contributed by atoms with Gasteiger partial charge < -0.3 is 9.26 Å². The third-order valence-electron chi connectivity index (χ3n) is 4.02. The Labute approximate surface area is 152 Å². The second-order valence-electron chi connectivity index (χ2n) is 5.85. The van der Waals surface area contributed by atoms with E-state index in [0.29, 0.717) is 13.0 Å². The average molecular weight is 409 g/mol. The molecule has 1 atom stereocenters. The zero-order valence-corrected chi connectivity index (χ0v) is 14.8. The van der Waals surface area contributed by atoms with Crippen molar-refractivity contribution in [1.29, 1.82) is 0 Å². The molecule has 0 bridgehead atoms. The van der Waals surface area contributed by atoms with E-state index in [1.165, 1.54) is 16.4 Å². The molecule has 1 aliphatic heterocycles. The van der Waals surface area contributed by atoms with Crippen LogP contribution in [0.2, 0.25) is 0 Å². The second-order valence-corrected chi connectivity index (χ2v) is 8.11. The van der Waals surface area contributed by atoms with Crippen molar-refractivity contribution in [3.8, 4) is 17.1 Å². The van der Waals surface area contributed by atoms with Gasteiger partial charge in [-0.15, -0.1) is 0 Å². The fourth-order valence-electron chi connectivity index (χ4n) is 2.62. The molecule has 1 fully saturated rings. The van der Waals surface area contributed by atoms with E-state index in [1.54, 1.807) is 6.92 Å². The molecule has 0 radical (unpaired) electrons. The Kier molecular flexibility index (Phi) is 5.12. The van der Waals surface area contributed by atoms with Gasteiger partial charge in [0.25, 0.3) is 0 Å². The number of halogens is 4. The van der Waals surface area contributed by atoms with Crippen molar-refractivity contribution in [2.75, 3.05) is 18.8 Å². The number of rotatable bonds is 5. The Balaban J connectivity index is 1.72. The molecule has 1 saturated heterocycles. The van der Waals surface area contributed by atoms with Gasteiger partial charge in [-0.3, -0.25) is 0 Å². The van der Waals surface area contributed by atoms with Gasteiger partial charge in [0.05, 0.1) is 17.9 Å². The SMILES string of the molecule is CCS(=O)(=O)N1CC[C@@H](Oc2ccc(-c3noc(C(F)(F)F)n3)c(F)c2)C1. The van der Waals surface area contributed by atoms with Crippen LogP contribution >= 0.6 is 0 Å². The van der Waals surface area contributed by atoms with Crippen molar-refractivity contribution in [2.45, 2.75) is 25.6 Å². The van der Waals surface area contributed by atoms with Crippen LogP contribution in [0.3, 0.4) is 0 Å². The number of hydrogen-bond acceptors (Lipinski definition) is 6. The Morgan fingerprint density at radius 3 is 2.70 bits per heavy atom. The van der Waals surface area contributed by atoms with Gasteiger partial charge in [0, 0.05) is 12.6 Å². The first-order valence-electron chi connectivity index (χ1n) is 7.95. The number of sulfonamides is 1. The van der Waals surface area contributed by atoms with Gasteiger partial charge in [0.1, 0.15) is 17.7 Å². The first kappa shape index (κ1) is 19.5. The molecule has 2 aromatic rings. The average Bonchev–Trinajstić information content (AvgIpc) is 3.24. The van der Waals surface area contributed by atoms with Gasteiger partial charge in [-0.05, 0) is 25.5 Å². The molecule has 0 saturated carbocycles. The minimum absolute atomic E-state index is 0.0202. The molecule has 0 spiro atoms. The number of benzene rings is 1. The van der Waals surface area contributed by atoms with Gasteiger partial charge in [-0.1, -0.05) is 5.16 Å². The smallest absolute Gasteiger partial charge is 0.471 e. The molecular weight excluding hydrogens is 394 g/mol. The van der Waals surface area contributed by atoms with E-state index < -0.39 is 39.8 Å². The second kappa shape index (κ2) is 7.08. The van der Waals surface area contributed by atoms with Crippen molar-refractivity contribution in [3.05, 3.63) is 29.9 Å². The molecule has 1 aromatic carbocycles. The maximum Gasteiger partial charge on any atom is 0.471 e. The van der Waals surface area contributed by atoms with Crippen LogP contribution in [0.15, 0.2) is 22.7 Å². The van der Waals surface area contributed by atoms with Crippen molar-refractivity contribution >= 4 is 10.0 Å². The summed E-state index contributed by atoms with van der Waals surface area (Å²) in [5.41, 5.74) is -0.275. The predicted molar refractivity (Wildman–Crippen MR) is 84.8 cm³/mol. The van der Waals surface area contributed by atoms with E-state index in [0.717, 1.165) is 6.07 Å². The molecule has 12 heteroatoms. The third kappa shape index (κ3) is 4.21. The maximum absolute atomic E-state index is 14.2. The number of hydrogen-bond donors (Lipinski definition) is 0. The molecule has 3 rings (SSSR count). The molecule has 7 nitrogen and oxygen atoms in total. The van der Waals surface area contributed by atoms with Crippen LogP contribution in [0.5, 0.6) is 5.75 Å². The molecule has 0 unspecified atom stereocenters. The van der Waals surface area contributed by atoms with Gasteiger partial charge in [0.15, 0.2) is 0 Å². The van der Waals surface area contributed by atoms with Crippen LogP contribution in [0.4, 0.5) is 17.6 Å². The largest absolute Gasteiger partial charge is 0.489 e. The summed E-state index contributed by atoms with van der Waals surface area (Å²) in [6.07, 6.45) is -4.82. The summed E-state index contributed by atoms with van der Waals surface area (Å²) in [6, 6.07) is 3.50. The monoisotopic (exact) mass is 409 g/mol. The first-order chi connectivity index (χ1) is 12.6. The molecule has 148 valence electrons. The lowest BCUT2D eigenvalue weighted by atomic mass is 10.2. The van der Waals surface area contributed by atoms with Crippen molar-refractivity contribution in [3.63, 3.8) is 0 Å². The predicted octanol–water partition coefficient (Wildman–Crippen LogP) is 2.70.